The van der Waals surface area contributed by atoms with E-state index >= 15 is 0 Å². The van der Waals surface area contributed by atoms with Gasteiger partial charge in [-0.2, -0.15) is 23.3 Å². The molecule has 1 fully saturated rings. The molecule has 1 N–H and O–H groups in total. The summed E-state index contributed by atoms with van der Waals surface area (Å²) in [6, 6.07) is 4.87. The number of alkyl halides is 3. The highest BCUT2D eigenvalue weighted by molar-refractivity contribution is 5.58. The van der Waals surface area contributed by atoms with E-state index in [9.17, 15) is 17.6 Å². The van der Waals surface area contributed by atoms with Crippen molar-refractivity contribution in [2.45, 2.75) is 12.2 Å². The Kier molecular flexibility index (Phi) is 4.63. The fourth-order valence-corrected chi connectivity index (χ4v) is 3.16. The number of aromatic nitrogens is 4. The molecule has 0 bridgehead atoms. The lowest BCUT2D eigenvalue weighted by Crippen LogP contribution is -2.44. The molecule has 2 aromatic heterocycles. The zero-order chi connectivity index (χ0) is 19.9. The number of hydrogen-bond donors (Lipinski definition) is 1. The predicted molar refractivity (Wildman–Crippen MR) is 90.1 cm³/mol. The van der Waals surface area contributed by atoms with E-state index in [1.165, 1.54) is 18.2 Å². The Labute approximate surface area is 156 Å². The van der Waals surface area contributed by atoms with Gasteiger partial charge in [-0.15, -0.1) is 0 Å². The van der Waals surface area contributed by atoms with E-state index in [1.807, 2.05) is 11.9 Å². The van der Waals surface area contributed by atoms with Crippen LogP contribution in [-0.4, -0.2) is 51.5 Å². The first-order chi connectivity index (χ1) is 13.4. The molecule has 0 saturated carbocycles. The van der Waals surface area contributed by atoms with Crippen LogP contribution in [0.25, 0.3) is 17.1 Å². The van der Waals surface area contributed by atoms with Crippen molar-refractivity contribution in [2.24, 2.45) is 0 Å². The minimum absolute atomic E-state index is 0.220. The fraction of sp³-hybridized carbons (Fsp3) is 0.353. The van der Waals surface area contributed by atoms with Crippen molar-refractivity contribution in [1.29, 1.82) is 0 Å². The molecule has 0 radical (unpaired) electrons. The molecule has 1 unspecified atom stereocenters. The van der Waals surface area contributed by atoms with Crippen LogP contribution >= 0.6 is 0 Å². The maximum atomic E-state index is 14.1. The lowest BCUT2D eigenvalue weighted by Gasteiger charge is -2.30. The summed E-state index contributed by atoms with van der Waals surface area (Å²) in [6.07, 6.45) is -3.86. The van der Waals surface area contributed by atoms with Crippen LogP contribution in [0.3, 0.4) is 0 Å². The SMILES string of the molecule is CN1CCNCC1c1noc(-c2cnn(-c3ccccc3F)c2C(F)(F)F)n1. The third kappa shape index (κ3) is 3.27. The molecular formula is C17H16F4N6O. The Morgan fingerprint density at radius 2 is 2.04 bits per heavy atom. The van der Waals surface area contributed by atoms with Crippen LogP contribution in [-0.2, 0) is 6.18 Å². The average Bonchev–Trinajstić information content (AvgIpc) is 3.29. The van der Waals surface area contributed by atoms with Crippen molar-refractivity contribution in [2.75, 3.05) is 26.7 Å². The first-order valence-corrected chi connectivity index (χ1v) is 8.51. The molecular weight excluding hydrogens is 380 g/mol. The standard InChI is InChI=1S/C17H16F4N6O/c1-26-7-6-22-9-13(26)15-24-16(28-25-15)10-8-23-27(14(10)17(19,20)21)12-5-3-2-4-11(12)18/h2-5,8,13,22H,6-7,9H2,1H3. The van der Waals surface area contributed by atoms with E-state index in [0.29, 0.717) is 11.2 Å². The second-order valence-corrected chi connectivity index (χ2v) is 6.43. The smallest absolute Gasteiger partial charge is 0.334 e. The minimum Gasteiger partial charge on any atom is -0.334 e. The van der Waals surface area contributed by atoms with Gasteiger partial charge in [-0.1, -0.05) is 17.3 Å². The van der Waals surface area contributed by atoms with Gasteiger partial charge in [0.2, 0.25) is 0 Å². The van der Waals surface area contributed by atoms with Crippen LogP contribution in [0.2, 0.25) is 0 Å². The number of para-hydroxylation sites is 1. The first kappa shape index (κ1) is 18.6. The Morgan fingerprint density at radius 1 is 1.25 bits per heavy atom. The van der Waals surface area contributed by atoms with Crippen LogP contribution in [0.5, 0.6) is 0 Å². The van der Waals surface area contributed by atoms with E-state index in [1.54, 1.807) is 0 Å². The van der Waals surface area contributed by atoms with Gasteiger partial charge in [0.05, 0.1) is 17.8 Å². The summed E-state index contributed by atoms with van der Waals surface area (Å²) in [7, 11) is 1.87. The number of nitrogens with zero attached hydrogens (tertiary/aromatic N) is 5. The molecule has 1 aliphatic heterocycles. The predicted octanol–water partition coefficient (Wildman–Crippen LogP) is 2.66. The Hall–Kier alpha value is -2.79. The molecule has 1 aromatic carbocycles. The van der Waals surface area contributed by atoms with Gasteiger partial charge in [-0.25, -0.2) is 9.07 Å². The van der Waals surface area contributed by atoms with Crippen LogP contribution in [0.15, 0.2) is 35.0 Å². The zero-order valence-electron chi connectivity index (χ0n) is 14.7. The van der Waals surface area contributed by atoms with Gasteiger partial charge in [0.25, 0.3) is 5.89 Å². The monoisotopic (exact) mass is 396 g/mol. The Bertz CT molecular complexity index is 982. The third-order valence-electron chi connectivity index (χ3n) is 4.60. The van der Waals surface area contributed by atoms with Crippen molar-refractivity contribution in [3.63, 3.8) is 0 Å². The molecule has 1 saturated heterocycles. The number of nitrogens with one attached hydrogen (secondary N) is 1. The Morgan fingerprint density at radius 3 is 2.75 bits per heavy atom. The highest BCUT2D eigenvalue weighted by Crippen LogP contribution is 2.38. The van der Waals surface area contributed by atoms with Crippen molar-refractivity contribution in [3.8, 4) is 17.1 Å². The van der Waals surface area contributed by atoms with Crippen LogP contribution in [0, 0.1) is 5.82 Å². The summed E-state index contributed by atoms with van der Waals surface area (Å²) < 4.78 is 61.0. The number of benzene rings is 1. The molecule has 1 aliphatic rings. The second kappa shape index (κ2) is 6.99. The zero-order valence-corrected chi connectivity index (χ0v) is 14.7. The molecule has 148 valence electrons. The summed E-state index contributed by atoms with van der Waals surface area (Å²) in [5, 5.41) is 10.8. The van der Waals surface area contributed by atoms with Gasteiger partial charge < -0.3 is 9.84 Å². The van der Waals surface area contributed by atoms with Gasteiger partial charge >= 0.3 is 6.18 Å². The third-order valence-corrected chi connectivity index (χ3v) is 4.60. The summed E-state index contributed by atoms with van der Waals surface area (Å²) in [5.41, 5.74) is -1.90. The molecule has 3 aromatic rings. The number of likely N-dealkylation sites (N-methyl/N-ethyl adjacent to an activating group) is 1. The van der Waals surface area contributed by atoms with Gasteiger partial charge in [-0.3, -0.25) is 4.90 Å². The lowest BCUT2D eigenvalue weighted by atomic mass is 10.2. The molecule has 11 heteroatoms. The number of piperazine rings is 1. The minimum atomic E-state index is -4.81. The Balaban J connectivity index is 1.78. The first-order valence-electron chi connectivity index (χ1n) is 8.51. The van der Waals surface area contributed by atoms with Crippen molar-refractivity contribution in [1.82, 2.24) is 30.1 Å². The van der Waals surface area contributed by atoms with E-state index in [0.717, 1.165) is 25.4 Å². The maximum Gasteiger partial charge on any atom is 0.434 e. The fourth-order valence-electron chi connectivity index (χ4n) is 3.16. The van der Waals surface area contributed by atoms with Crippen molar-refractivity contribution < 1.29 is 22.1 Å². The maximum absolute atomic E-state index is 14.1. The van der Waals surface area contributed by atoms with Crippen molar-refractivity contribution >= 4 is 0 Å². The number of halogens is 4. The quantitative estimate of drug-likeness (QED) is 0.687. The average molecular weight is 396 g/mol. The largest absolute Gasteiger partial charge is 0.434 e. The highest BCUT2D eigenvalue weighted by atomic mass is 19.4. The molecule has 0 amide bonds. The molecule has 1 atom stereocenters. The van der Waals surface area contributed by atoms with E-state index in [4.69, 9.17) is 4.52 Å². The molecule has 0 aliphatic carbocycles. The summed E-state index contributed by atoms with van der Waals surface area (Å²) in [5.74, 6) is -0.871. The van der Waals surface area contributed by atoms with Gasteiger partial charge in [-0.05, 0) is 19.2 Å². The van der Waals surface area contributed by atoms with Crippen LogP contribution in [0.4, 0.5) is 17.6 Å². The molecule has 4 rings (SSSR count). The van der Waals surface area contributed by atoms with Crippen molar-refractivity contribution in [3.05, 3.63) is 47.8 Å². The highest BCUT2D eigenvalue weighted by Gasteiger charge is 2.41. The van der Waals surface area contributed by atoms with E-state index in [-0.39, 0.29) is 23.4 Å². The second-order valence-electron chi connectivity index (χ2n) is 6.43. The number of rotatable bonds is 3. The van der Waals surface area contributed by atoms with Gasteiger partial charge in [0.15, 0.2) is 11.5 Å². The summed E-state index contributed by atoms with van der Waals surface area (Å²) in [4.78, 5) is 6.14. The number of hydrogen-bond acceptors (Lipinski definition) is 6. The topological polar surface area (TPSA) is 72.0 Å². The lowest BCUT2D eigenvalue weighted by molar-refractivity contribution is -0.142. The molecule has 3 heterocycles. The van der Waals surface area contributed by atoms with E-state index < -0.39 is 23.3 Å². The summed E-state index contributed by atoms with van der Waals surface area (Å²) >= 11 is 0. The molecule has 28 heavy (non-hydrogen) atoms. The summed E-state index contributed by atoms with van der Waals surface area (Å²) in [6.45, 7) is 2.09. The molecule has 0 spiro atoms. The van der Waals surface area contributed by atoms with Crippen LogP contribution in [0.1, 0.15) is 17.6 Å². The van der Waals surface area contributed by atoms with E-state index in [2.05, 4.69) is 20.6 Å². The van der Waals surface area contributed by atoms with Crippen LogP contribution < -0.4 is 5.32 Å². The molecule has 7 nitrogen and oxygen atoms in total. The van der Waals surface area contributed by atoms with Gasteiger partial charge in [0, 0.05) is 19.6 Å². The van der Waals surface area contributed by atoms with Gasteiger partial charge in [0.1, 0.15) is 11.5 Å². The normalized spacial score (nSPS) is 18.5.